The fourth-order valence-corrected chi connectivity index (χ4v) is 5.10. The number of rotatable bonds is 10. The van der Waals surface area contributed by atoms with Crippen LogP contribution in [0.25, 0.3) is 11.1 Å². The Balaban J connectivity index is 1.34. The highest BCUT2D eigenvalue weighted by molar-refractivity contribution is 5.65. The topological polar surface area (TPSA) is 18.5 Å². The summed E-state index contributed by atoms with van der Waals surface area (Å²) in [5, 5.41) is 0. The van der Waals surface area contributed by atoms with Crippen LogP contribution in [0.5, 0.6) is 11.5 Å². The minimum Gasteiger partial charge on any atom is -0.494 e. The molecule has 0 bridgehead atoms. The van der Waals surface area contributed by atoms with E-state index in [1.165, 1.54) is 6.07 Å². The first kappa shape index (κ1) is 25.9. The quantitative estimate of drug-likeness (QED) is 0.263. The smallest absolute Gasteiger partial charge is 0.166 e. The predicted octanol–water partition coefficient (Wildman–Crippen LogP) is 8.64. The van der Waals surface area contributed by atoms with Crippen molar-refractivity contribution in [1.82, 2.24) is 0 Å². The van der Waals surface area contributed by atoms with Gasteiger partial charge in [0.05, 0.1) is 6.61 Å². The lowest BCUT2D eigenvalue weighted by Gasteiger charge is -2.29. The van der Waals surface area contributed by atoms with E-state index in [1.54, 1.807) is 54.6 Å². The molecule has 0 heterocycles. The number of benzene rings is 3. The average Bonchev–Trinajstić information content (AvgIpc) is 2.90. The molecule has 0 atom stereocenters. The molecule has 0 unspecified atom stereocenters. The zero-order valence-electron chi connectivity index (χ0n) is 20.7. The Bertz CT molecular complexity index is 1170. The van der Waals surface area contributed by atoms with Crippen LogP contribution >= 0.6 is 0 Å². The summed E-state index contributed by atoms with van der Waals surface area (Å²) in [6.45, 7) is 6.39. The molecule has 1 aliphatic carbocycles. The highest BCUT2D eigenvalue weighted by Gasteiger charge is 2.26. The zero-order valence-corrected chi connectivity index (χ0v) is 20.7. The van der Waals surface area contributed by atoms with Gasteiger partial charge in [0.15, 0.2) is 11.6 Å². The molecule has 190 valence electrons. The van der Waals surface area contributed by atoms with Crippen LogP contribution in [0.15, 0.2) is 67.3 Å². The minimum absolute atomic E-state index is 0.00292. The van der Waals surface area contributed by atoms with Crippen molar-refractivity contribution >= 4 is 0 Å². The molecule has 0 aromatic heterocycles. The maximum absolute atomic E-state index is 15.1. The van der Waals surface area contributed by atoms with Gasteiger partial charge in [-0.05, 0) is 92.2 Å². The second-order valence-electron chi connectivity index (χ2n) is 9.40. The summed E-state index contributed by atoms with van der Waals surface area (Å²) in [6, 6.07) is 15.4. The number of ether oxygens (including phenoxy) is 2. The molecular formula is C31H33F3O2. The molecule has 1 aliphatic rings. The van der Waals surface area contributed by atoms with E-state index in [9.17, 15) is 4.39 Å². The van der Waals surface area contributed by atoms with E-state index < -0.39 is 11.6 Å². The molecule has 0 aliphatic heterocycles. The van der Waals surface area contributed by atoms with E-state index in [-0.39, 0.29) is 17.3 Å². The Morgan fingerprint density at radius 3 is 2.25 bits per heavy atom. The van der Waals surface area contributed by atoms with Gasteiger partial charge in [0, 0.05) is 11.6 Å². The summed E-state index contributed by atoms with van der Waals surface area (Å²) in [5.41, 5.74) is 2.02. The Labute approximate surface area is 211 Å². The molecule has 2 nitrogen and oxygen atoms in total. The third-order valence-corrected chi connectivity index (χ3v) is 7.09. The largest absolute Gasteiger partial charge is 0.494 e. The van der Waals surface area contributed by atoms with Crippen LogP contribution in [-0.2, 0) is 6.42 Å². The SMILES string of the molecule is C=CCOc1ccc(CCC2CCC(c3ccc(-c4ccc(OCC)cc4)c(F)c3F)CC2)c(F)c1. The Morgan fingerprint density at radius 1 is 0.861 bits per heavy atom. The van der Waals surface area contributed by atoms with Gasteiger partial charge in [-0.2, -0.15) is 0 Å². The molecule has 0 N–H and O–H groups in total. The third kappa shape index (κ3) is 6.13. The van der Waals surface area contributed by atoms with Crippen molar-refractivity contribution in [3.05, 3.63) is 95.8 Å². The first-order chi connectivity index (χ1) is 17.5. The second kappa shape index (κ2) is 12.2. The monoisotopic (exact) mass is 494 g/mol. The Hall–Kier alpha value is -3.21. The van der Waals surface area contributed by atoms with E-state index in [2.05, 4.69) is 6.58 Å². The fraction of sp³-hybridized carbons (Fsp3) is 0.355. The summed E-state index contributed by atoms with van der Waals surface area (Å²) >= 11 is 0. The van der Waals surface area contributed by atoms with Crippen LogP contribution in [0.1, 0.15) is 56.1 Å². The third-order valence-electron chi connectivity index (χ3n) is 7.09. The standard InChI is InChI=1S/C31H33F3O2/c1-3-19-36-26-16-13-24(29(32)20-26)10-7-21-5-8-22(9-6-21)27-17-18-28(31(34)30(27)33)23-11-14-25(15-12-23)35-4-2/h3,11-18,20-22H,1,4-10,19H2,2H3. The van der Waals surface area contributed by atoms with Crippen molar-refractivity contribution in [1.29, 1.82) is 0 Å². The van der Waals surface area contributed by atoms with Crippen LogP contribution in [-0.4, -0.2) is 13.2 Å². The average molecular weight is 495 g/mol. The second-order valence-corrected chi connectivity index (χ2v) is 9.40. The summed E-state index contributed by atoms with van der Waals surface area (Å²) in [5.74, 6) is -0.139. The van der Waals surface area contributed by atoms with Crippen LogP contribution in [0.3, 0.4) is 0 Å². The molecule has 1 fully saturated rings. The van der Waals surface area contributed by atoms with Crippen molar-refractivity contribution in [3.63, 3.8) is 0 Å². The summed E-state index contributed by atoms with van der Waals surface area (Å²) in [6.07, 6.45) is 6.62. The van der Waals surface area contributed by atoms with Gasteiger partial charge < -0.3 is 9.47 Å². The van der Waals surface area contributed by atoms with Gasteiger partial charge in [-0.1, -0.05) is 43.0 Å². The number of hydrogen-bond acceptors (Lipinski definition) is 2. The van der Waals surface area contributed by atoms with Crippen molar-refractivity contribution in [3.8, 4) is 22.6 Å². The van der Waals surface area contributed by atoms with Gasteiger partial charge in [0.2, 0.25) is 0 Å². The van der Waals surface area contributed by atoms with Crippen LogP contribution in [0.2, 0.25) is 0 Å². The van der Waals surface area contributed by atoms with Crippen LogP contribution in [0, 0.1) is 23.4 Å². The molecule has 3 aromatic carbocycles. The van der Waals surface area contributed by atoms with E-state index in [0.717, 1.165) is 32.1 Å². The maximum Gasteiger partial charge on any atom is 0.166 e. The first-order valence-electron chi connectivity index (χ1n) is 12.7. The molecule has 5 heteroatoms. The summed E-state index contributed by atoms with van der Waals surface area (Å²) < 4.78 is 55.3. The summed E-state index contributed by atoms with van der Waals surface area (Å²) in [4.78, 5) is 0. The van der Waals surface area contributed by atoms with E-state index >= 15 is 8.78 Å². The lowest BCUT2D eigenvalue weighted by atomic mass is 9.76. The van der Waals surface area contributed by atoms with E-state index in [4.69, 9.17) is 9.47 Å². The molecule has 0 radical (unpaired) electrons. The van der Waals surface area contributed by atoms with Crippen molar-refractivity contribution in [2.24, 2.45) is 5.92 Å². The van der Waals surface area contributed by atoms with Crippen molar-refractivity contribution < 1.29 is 22.6 Å². The van der Waals surface area contributed by atoms with Gasteiger partial charge in [-0.25, -0.2) is 13.2 Å². The van der Waals surface area contributed by atoms with Gasteiger partial charge in [-0.3, -0.25) is 0 Å². The van der Waals surface area contributed by atoms with Crippen LogP contribution in [0.4, 0.5) is 13.2 Å². The fourth-order valence-electron chi connectivity index (χ4n) is 5.10. The normalized spacial score (nSPS) is 17.6. The highest BCUT2D eigenvalue weighted by Crippen LogP contribution is 2.40. The number of hydrogen-bond donors (Lipinski definition) is 0. The maximum atomic E-state index is 15.1. The van der Waals surface area contributed by atoms with Crippen molar-refractivity contribution in [2.75, 3.05) is 13.2 Å². The molecule has 0 saturated heterocycles. The first-order valence-corrected chi connectivity index (χ1v) is 12.7. The number of aryl methyl sites for hydroxylation is 1. The highest BCUT2D eigenvalue weighted by atomic mass is 19.2. The van der Waals surface area contributed by atoms with Gasteiger partial charge in [0.25, 0.3) is 0 Å². The van der Waals surface area contributed by atoms with Gasteiger partial charge in [0.1, 0.15) is 23.9 Å². The molecule has 4 rings (SSSR count). The molecular weight excluding hydrogens is 461 g/mol. The summed E-state index contributed by atoms with van der Waals surface area (Å²) in [7, 11) is 0. The molecule has 36 heavy (non-hydrogen) atoms. The Kier molecular flexibility index (Phi) is 8.74. The lowest BCUT2D eigenvalue weighted by Crippen LogP contribution is -2.15. The Morgan fingerprint density at radius 2 is 1.58 bits per heavy atom. The zero-order chi connectivity index (χ0) is 25.5. The molecule has 1 saturated carbocycles. The predicted molar refractivity (Wildman–Crippen MR) is 138 cm³/mol. The number of halogens is 3. The van der Waals surface area contributed by atoms with Crippen molar-refractivity contribution in [2.45, 2.75) is 51.4 Å². The molecule has 3 aromatic rings. The van der Waals surface area contributed by atoms with E-state index in [1.807, 2.05) is 6.92 Å². The van der Waals surface area contributed by atoms with Gasteiger partial charge in [-0.15, -0.1) is 0 Å². The van der Waals surface area contributed by atoms with E-state index in [0.29, 0.717) is 53.7 Å². The molecule has 0 spiro atoms. The van der Waals surface area contributed by atoms with Gasteiger partial charge >= 0.3 is 0 Å². The molecule has 0 amide bonds. The minimum atomic E-state index is -0.797. The lowest BCUT2D eigenvalue weighted by molar-refractivity contribution is 0.304. The van der Waals surface area contributed by atoms with Crippen LogP contribution < -0.4 is 9.47 Å².